The van der Waals surface area contributed by atoms with E-state index in [1.807, 2.05) is 24.3 Å². The monoisotopic (exact) mass is 675 g/mol. The maximum Gasteiger partial charge on any atom is 0.338 e. The summed E-state index contributed by atoms with van der Waals surface area (Å²) in [6.45, 7) is 8.75. The number of esters is 2. The molecule has 52 heavy (non-hydrogen) atoms. The van der Waals surface area contributed by atoms with Gasteiger partial charge in [0.25, 0.3) is 0 Å². The van der Waals surface area contributed by atoms with E-state index in [4.69, 9.17) is 9.47 Å². The third-order valence-electron chi connectivity index (χ3n) is 9.32. The van der Waals surface area contributed by atoms with Gasteiger partial charge in [0.15, 0.2) is 0 Å². The van der Waals surface area contributed by atoms with Crippen molar-refractivity contribution in [2.45, 2.75) is 6.92 Å². The summed E-state index contributed by atoms with van der Waals surface area (Å²) in [6, 6.07) is 51.7. The summed E-state index contributed by atoms with van der Waals surface area (Å²) in [4.78, 5) is 25.9. The highest BCUT2D eigenvalue weighted by atomic mass is 16.5. The van der Waals surface area contributed by atoms with Gasteiger partial charge in [0.1, 0.15) is 11.5 Å². The first kappa shape index (κ1) is 32.2. The molecule has 5 nitrogen and oxygen atoms in total. The van der Waals surface area contributed by atoms with Gasteiger partial charge in [0, 0.05) is 28.4 Å². The lowest BCUT2D eigenvalue weighted by molar-refractivity contribution is -0.130. The van der Waals surface area contributed by atoms with E-state index in [0.29, 0.717) is 17.1 Å². The normalized spacial score (nSPS) is 11.1. The van der Waals surface area contributed by atoms with Crippen LogP contribution in [0.25, 0.3) is 54.6 Å². The summed E-state index contributed by atoms with van der Waals surface area (Å²) in [5, 5.41) is 7.32. The summed E-state index contributed by atoms with van der Waals surface area (Å²) in [7, 11) is 0. The van der Waals surface area contributed by atoms with Crippen LogP contribution in [-0.2, 0) is 9.59 Å². The molecular weight excluding hydrogens is 643 g/mol. The van der Waals surface area contributed by atoms with Crippen molar-refractivity contribution < 1.29 is 19.1 Å². The predicted molar refractivity (Wildman–Crippen MR) is 212 cm³/mol. The van der Waals surface area contributed by atoms with Crippen molar-refractivity contribution in [2.24, 2.45) is 0 Å². The Bertz CT molecular complexity index is 2610. The van der Waals surface area contributed by atoms with Crippen molar-refractivity contribution in [2.75, 3.05) is 4.90 Å². The Balaban J connectivity index is 1.19. The third kappa shape index (κ3) is 6.05. The van der Waals surface area contributed by atoms with Crippen LogP contribution < -0.4 is 14.4 Å². The molecule has 0 N–H and O–H groups in total. The first-order valence-electron chi connectivity index (χ1n) is 17.0. The lowest BCUT2D eigenvalue weighted by Gasteiger charge is -2.28. The summed E-state index contributed by atoms with van der Waals surface area (Å²) in [5.41, 5.74) is 7.52. The van der Waals surface area contributed by atoms with E-state index in [9.17, 15) is 9.59 Å². The Morgan fingerprint density at radius 2 is 0.981 bits per heavy atom. The van der Waals surface area contributed by atoms with Crippen LogP contribution in [0.2, 0.25) is 0 Å². The van der Waals surface area contributed by atoms with E-state index in [-0.39, 0.29) is 0 Å². The minimum absolute atomic E-state index is 0.353. The zero-order chi connectivity index (χ0) is 35.8. The maximum absolute atomic E-state index is 12.0. The van der Waals surface area contributed by atoms with E-state index in [0.717, 1.165) is 45.4 Å². The quantitative estimate of drug-likeness (QED) is 0.0660. The van der Waals surface area contributed by atoms with Crippen molar-refractivity contribution in [1.29, 1.82) is 0 Å². The van der Waals surface area contributed by atoms with Gasteiger partial charge < -0.3 is 14.4 Å². The van der Waals surface area contributed by atoms with E-state index < -0.39 is 11.9 Å². The number of hydrogen-bond donors (Lipinski definition) is 0. The molecule has 0 aromatic heterocycles. The Morgan fingerprint density at radius 3 is 1.48 bits per heavy atom. The Kier molecular flexibility index (Phi) is 8.30. The molecular formula is C47H33NO4. The van der Waals surface area contributed by atoms with Gasteiger partial charge in [-0.2, -0.15) is 0 Å². The van der Waals surface area contributed by atoms with Gasteiger partial charge in [-0.3, -0.25) is 0 Å². The van der Waals surface area contributed by atoms with Crippen LogP contribution in [0, 0.1) is 0 Å². The highest BCUT2D eigenvalue weighted by Crippen LogP contribution is 2.44. The molecule has 5 heteroatoms. The average molecular weight is 676 g/mol. The van der Waals surface area contributed by atoms with E-state index in [2.05, 4.69) is 121 Å². The van der Waals surface area contributed by atoms with Crippen LogP contribution in [0.3, 0.4) is 0 Å². The lowest BCUT2D eigenvalue weighted by Crippen LogP contribution is -2.10. The Morgan fingerprint density at radius 1 is 0.538 bits per heavy atom. The topological polar surface area (TPSA) is 55.8 Å². The number of nitrogens with zero attached hydrogens (tertiary/aromatic N) is 1. The van der Waals surface area contributed by atoms with Crippen molar-refractivity contribution in [3.05, 3.63) is 176 Å². The first-order chi connectivity index (χ1) is 25.4. The van der Waals surface area contributed by atoms with Gasteiger partial charge in [-0.25, -0.2) is 9.59 Å². The molecule has 0 fully saturated rings. The van der Waals surface area contributed by atoms with Gasteiger partial charge in [-0.15, -0.1) is 0 Å². The predicted octanol–water partition coefficient (Wildman–Crippen LogP) is 12.0. The summed E-state index contributed by atoms with van der Waals surface area (Å²) >= 11 is 0. The zero-order valence-corrected chi connectivity index (χ0v) is 28.5. The molecule has 8 rings (SSSR count). The fourth-order valence-corrected chi connectivity index (χ4v) is 6.73. The van der Waals surface area contributed by atoms with Crippen molar-refractivity contribution in [3.8, 4) is 33.8 Å². The molecule has 0 amide bonds. The Labute approximate surface area is 301 Å². The number of carbonyl (C=O) groups excluding carboxylic acids is 2. The summed E-state index contributed by atoms with van der Waals surface area (Å²) in [6.07, 6.45) is 1.15. The number of ether oxygens (including phenoxy) is 2. The standard InChI is InChI=1S/C47H33NO4/c1-4-44(49)51-40-24-14-33(15-25-40)31-10-20-38(21-11-31)48(39-22-12-32(13-23-39)34-16-26-41(27-17-34)52-47(50)30(2)3)43-29-19-37-9-8-35-6-5-7-36-18-28-42(43)46(37)45(35)36/h4-29H,1-2H2,3H3. The molecule has 8 aromatic carbocycles. The molecule has 0 aliphatic carbocycles. The van der Waals surface area contributed by atoms with Gasteiger partial charge in [0.2, 0.25) is 0 Å². The molecule has 0 spiro atoms. The lowest BCUT2D eigenvalue weighted by atomic mass is 9.93. The third-order valence-corrected chi connectivity index (χ3v) is 9.32. The van der Waals surface area contributed by atoms with E-state index in [1.54, 1.807) is 31.2 Å². The molecule has 8 aromatic rings. The highest BCUT2D eigenvalue weighted by Gasteiger charge is 2.19. The minimum atomic E-state index is -0.489. The Hall–Kier alpha value is -6.98. The van der Waals surface area contributed by atoms with Crippen LogP contribution in [0.5, 0.6) is 11.5 Å². The molecule has 0 unspecified atom stereocenters. The van der Waals surface area contributed by atoms with Crippen LogP contribution >= 0.6 is 0 Å². The summed E-state index contributed by atoms with van der Waals surface area (Å²) in [5.74, 6) is 0.0122. The average Bonchev–Trinajstić information content (AvgIpc) is 3.18. The summed E-state index contributed by atoms with van der Waals surface area (Å²) < 4.78 is 10.6. The van der Waals surface area contributed by atoms with Crippen LogP contribution in [0.15, 0.2) is 176 Å². The van der Waals surface area contributed by atoms with Crippen molar-refractivity contribution >= 4 is 61.3 Å². The molecule has 0 bridgehead atoms. The fraction of sp³-hybridized carbons (Fsp3) is 0.0213. The number of hydrogen-bond acceptors (Lipinski definition) is 5. The van der Waals surface area contributed by atoms with E-state index >= 15 is 0 Å². The number of anilines is 3. The van der Waals surface area contributed by atoms with Crippen LogP contribution in [-0.4, -0.2) is 11.9 Å². The second-order valence-corrected chi connectivity index (χ2v) is 12.7. The number of benzene rings is 8. The maximum atomic E-state index is 12.0. The molecule has 0 aliphatic heterocycles. The van der Waals surface area contributed by atoms with Gasteiger partial charge in [-0.1, -0.05) is 110 Å². The molecule has 0 radical (unpaired) electrons. The molecule has 0 atom stereocenters. The molecule has 0 heterocycles. The fourth-order valence-electron chi connectivity index (χ4n) is 6.73. The first-order valence-corrected chi connectivity index (χ1v) is 17.0. The van der Waals surface area contributed by atoms with E-state index in [1.165, 1.54) is 32.3 Å². The van der Waals surface area contributed by atoms with Crippen LogP contribution in [0.1, 0.15) is 6.92 Å². The second kappa shape index (κ2) is 13.4. The molecule has 0 saturated carbocycles. The van der Waals surface area contributed by atoms with Gasteiger partial charge in [0.05, 0.1) is 5.69 Å². The van der Waals surface area contributed by atoms with Gasteiger partial charge >= 0.3 is 11.9 Å². The minimum Gasteiger partial charge on any atom is -0.423 e. The molecule has 0 aliphatic rings. The zero-order valence-electron chi connectivity index (χ0n) is 28.5. The van der Waals surface area contributed by atoms with Crippen molar-refractivity contribution in [1.82, 2.24) is 0 Å². The molecule has 250 valence electrons. The van der Waals surface area contributed by atoms with Gasteiger partial charge in [-0.05, 0) is 111 Å². The smallest absolute Gasteiger partial charge is 0.338 e. The number of carbonyl (C=O) groups is 2. The highest BCUT2D eigenvalue weighted by molar-refractivity contribution is 6.25. The largest absolute Gasteiger partial charge is 0.423 e. The second-order valence-electron chi connectivity index (χ2n) is 12.7. The number of rotatable bonds is 9. The van der Waals surface area contributed by atoms with Crippen LogP contribution in [0.4, 0.5) is 17.1 Å². The molecule has 0 saturated heterocycles. The SMILES string of the molecule is C=CC(=O)Oc1ccc(-c2ccc(N(c3ccc(-c4ccc(OC(=O)C(=C)C)cc4)cc3)c3ccc4ccc5cccc6ccc3c4c56)cc2)cc1. The van der Waals surface area contributed by atoms with Crippen molar-refractivity contribution in [3.63, 3.8) is 0 Å².